The van der Waals surface area contributed by atoms with Gasteiger partial charge in [-0.25, -0.2) is 0 Å². The average Bonchev–Trinajstić information content (AvgIpc) is 1.97. The fourth-order valence-corrected chi connectivity index (χ4v) is 0.822. The molecule has 0 aliphatic rings. The van der Waals surface area contributed by atoms with Gasteiger partial charge in [-0.15, -0.1) is 0 Å². The van der Waals surface area contributed by atoms with E-state index in [2.05, 4.69) is 0 Å². The normalized spacial score (nSPS) is 12.5. The van der Waals surface area contributed by atoms with Gasteiger partial charge in [-0.3, -0.25) is 0 Å². The minimum atomic E-state index is -0.345. The maximum absolute atomic E-state index is 10.5. The smallest absolute Gasteiger partial charge is 0.136 e. The van der Waals surface area contributed by atoms with E-state index in [0.717, 1.165) is 19.1 Å². The van der Waals surface area contributed by atoms with Crippen LogP contribution < -0.4 is 5.73 Å². The number of carbonyl (C=O) groups excluding carboxylic acids is 2. The topological polar surface area (TPSA) is 60.2 Å². The van der Waals surface area contributed by atoms with Gasteiger partial charge in [-0.2, -0.15) is 0 Å². The zero-order chi connectivity index (χ0) is 8.69. The lowest BCUT2D eigenvalue weighted by Crippen LogP contribution is -2.20. The summed E-state index contributed by atoms with van der Waals surface area (Å²) in [5.74, 6) is 0.199. The predicted octanol–water partition coefficient (Wildman–Crippen LogP) is 0.662. The molecule has 1 atom stereocenters. The molecular weight excluding hydrogens is 142 g/mol. The first-order valence-corrected chi connectivity index (χ1v) is 3.87. The highest BCUT2D eigenvalue weighted by molar-refractivity contribution is 5.75. The molecule has 0 radical (unpaired) electrons. The molecule has 2 N–H and O–H groups in total. The molecule has 64 valence electrons. The summed E-state index contributed by atoms with van der Waals surface area (Å²) >= 11 is 0. The number of unbranched alkanes of at least 4 members (excludes halogenated alkanes) is 1. The fraction of sp³-hybridized carbons (Fsp3) is 0.750. The van der Waals surface area contributed by atoms with Gasteiger partial charge in [0.05, 0.1) is 6.04 Å². The van der Waals surface area contributed by atoms with E-state index < -0.39 is 0 Å². The second-order valence-corrected chi connectivity index (χ2v) is 2.75. The molecule has 0 bridgehead atoms. The van der Waals surface area contributed by atoms with E-state index in [-0.39, 0.29) is 11.8 Å². The predicted molar refractivity (Wildman–Crippen MR) is 43.2 cm³/mol. The van der Waals surface area contributed by atoms with Crippen molar-refractivity contribution in [2.45, 2.75) is 38.6 Å². The number of Topliss-reactive ketones (excluding diaryl/α,β-unsaturated/α-hetero) is 1. The molecule has 0 rings (SSSR count). The van der Waals surface area contributed by atoms with Crippen LogP contribution in [0.4, 0.5) is 0 Å². The Morgan fingerprint density at radius 2 is 2.18 bits per heavy atom. The lowest BCUT2D eigenvalue weighted by molar-refractivity contribution is -0.117. The lowest BCUT2D eigenvalue weighted by atomic mass is 10.1. The Balaban J connectivity index is 3.14. The number of hydrogen-bond acceptors (Lipinski definition) is 3. The van der Waals surface area contributed by atoms with E-state index in [1.807, 2.05) is 0 Å². The van der Waals surface area contributed by atoms with E-state index in [9.17, 15) is 9.59 Å². The van der Waals surface area contributed by atoms with Gasteiger partial charge in [0, 0.05) is 6.42 Å². The number of ketones is 1. The van der Waals surface area contributed by atoms with Crippen LogP contribution in [0.25, 0.3) is 0 Å². The van der Waals surface area contributed by atoms with Gasteiger partial charge in [0.15, 0.2) is 0 Å². The van der Waals surface area contributed by atoms with Gasteiger partial charge in [0.1, 0.15) is 12.1 Å². The Morgan fingerprint density at radius 1 is 1.55 bits per heavy atom. The SMILES string of the molecule is CC(=O)CCCCC(N)C=O. The summed E-state index contributed by atoms with van der Waals surface area (Å²) in [6.45, 7) is 1.57. The fourth-order valence-electron chi connectivity index (χ4n) is 0.822. The third kappa shape index (κ3) is 7.19. The van der Waals surface area contributed by atoms with Crippen LogP contribution in [0.15, 0.2) is 0 Å². The number of rotatable bonds is 6. The molecule has 3 nitrogen and oxygen atoms in total. The molecule has 0 aromatic rings. The van der Waals surface area contributed by atoms with Crippen LogP contribution in [-0.4, -0.2) is 18.1 Å². The molecule has 3 heteroatoms. The minimum Gasteiger partial charge on any atom is -0.322 e. The summed E-state index contributed by atoms with van der Waals surface area (Å²) < 4.78 is 0. The van der Waals surface area contributed by atoms with Crippen LogP contribution in [0.5, 0.6) is 0 Å². The van der Waals surface area contributed by atoms with Crippen molar-refractivity contribution in [3.63, 3.8) is 0 Å². The zero-order valence-corrected chi connectivity index (χ0v) is 6.88. The molecular formula is C8H15NO2. The van der Waals surface area contributed by atoms with Crippen LogP contribution in [0.1, 0.15) is 32.6 Å². The maximum Gasteiger partial charge on any atom is 0.136 e. The summed E-state index contributed by atoms with van der Waals surface area (Å²) in [5, 5.41) is 0. The van der Waals surface area contributed by atoms with Crippen molar-refractivity contribution in [2.75, 3.05) is 0 Å². The summed E-state index contributed by atoms with van der Waals surface area (Å²) in [6, 6.07) is -0.345. The second-order valence-electron chi connectivity index (χ2n) is 2.75. The third-order valence-corrected chi connectivity index (χ3v) is 1.49. The van der Waals surface area contributed by atoms with Crippen LogP contribution in [0.3, 0.4) is 0 Å². The minimum absolute atomic E-state index is 0.199. The first-order valence-electron chi connectivity index (χ1n) is 3.87. The molecule has 0 aromatic heterocycles. The highest BCUT2D eigenvalue weighted by atomic mass is 16.1. The second kappa shape index (κ2) is 6.04. The van der Waals surface area contributed by atoms with Gasteiger partial charge in [0.2, 0.25) is 0 Å². The van der Waals surface area contributed by atoms with Gasteiger partial charge in [-0.1, -0.05) is 6.42 Å². The van der Waals surface area contributed by atoms with Gasteiger partial charge in [-0.05, 0) is 19.8 Å². The van der Waals surface area contributed by atoms with Crippen molar-refractivity contribution in [3.05, 3.63) is 0 Å². The summed E-state index contributed by atoms with van der Waals surface area (Å²) in [6.07, 6.45) is 3.74. The molecule has 0 saturated carbocycles. The van der Waals surface area contributed by atoms with Crippen LogP contribution in [0, 0.1) is 0 Å². The van der Waals surface area contributed by atoms with Crippen LogP contribution in [-0.2, 0) is 9.59 Å². The highest BCUT2D eigenvalue weighted by Crippen LogP contribution is 2.01. The molecule has 0 aliphatic carbocycles. The van der Waals surface area contributed by atoms with Crippen molar-refractivity contribution in [2.24, 2.45) is 5.73 Å². The molecule has 0 aromatic carbocycles. The monoisotopic (exact) mass is 157 g/mol. The molecule has 0 amide bonds. The van der Waals surface area contributed by atoms with Crippen molar-refractivity contribution in [3.8, 4) is 0 Å². The van der Waals surface area contributed by atoms with Crippen LogP contribution >= 0.6 is 0 Å². The van der Waals surface area contributed by atoms with Crippen molar-refractivity contribution in [1.29, 1.82) is 0 Å². The maximum atomic E-state index is 10.5. The lowest BCUT2D eigenvalue weighted by Gasteiger charge is -2.01. The quantitative estimate of drug-likeness (QED) is 0.455. The Morgan fingerprint density at radius 3 is 2.64 bits per heavy atom. The molecule has 0 heterocycles. The Labute approximate surface area is 67.0 Å². The Hall–Kier alpha value is -0.700. The molecule has 1 unspecified atom stereocenters. The standard InChI is InChI=1S/C8H15NO2/c1-7(11)4-2-3-5-8(9)6-10/h6,8H,2-5,9H2,1H3. The van der Waals surface area contributed by atoms with Crippen molar-refractivity contribution >= 4 is 12.1 Å². The number of aldehydes is 1. The summed E-state index contributed by atoms with van der Waals surface area (Å²) in [5.41, 5.74) is 5.34. The largest absolute Gasteiger partial charge is 0.322 e. The van der Waals surface area contributed by atoms with E-state index >= 15 is 0 Å². The van der Waals surface area contributed by atoms with Gasteiger partial charge >= 0.3 is 0 Å². The van der Waals surface area contributed by atoms with E-state index in [1.54, 1.807) is 6.92 Å². The molecule has 11 heavy (non-hydrogen) atoms. The van der Waals surface area contributed by atoms with Crippen LogP contribution in [0.2, 0.25) is 0 Å². The molecule has 0 spiro atoms. The summed E-state index contributed by atoms with van der Waals surface area (Å²) in [7, 11) is 0. The first kappa shape index (κ1) is 10.3. The number of carbonyl (C=O) groups is 2. The van der Waals surface area contributed by atoms with Gasteiger partial charge in [0.25, 0.3) is 0 Å². The Bertz CT molecular complexity index is 134. The van der Waals surface area contributed by atoms with Crippen molar-refractivity contribution in [1.82, 2.24) is 0 Å². The highest BCUT2D eigenvalue weighted by Gasteiger charge is 1.99. The van der Waals surface area contributed by atoms with Crippen molar-refractivity contribution < 1.29 is 9.59 Å². The zero-order valence-electron chi connectivity index (χ0n) is 6.88. The molecule has 0 saturated heterocycles. The molecule has 0 fully saturated rings. The van der Waals surface area contributed by atoms with E-state index in [4.69, 9.17) is 5.73 Å². The third-order valence-electron chi connectivity index (χ3n) is 1.49. The average molecular weight is 157 g/mol. The summed E-state index contributed by atoms with van der Waals surface area (Å²) in [4.78, 5) is 20.5. The molecule has 0 aliphatic heterocycles. The number of hydrogen-bond donors (Lipinski definition) is 1. The van der Waals surface area contributed by atoms with E-state index in [0.29, 0.717) is 12.8 Å². The Kier molecular flexibility index (Phi) is 5.65. The number of nitrogens with two attached hydrogens (primary N) is 1. The van der Waals surface area contributed by atoms with Gasteiger partial charge < -0.3 is 15.3 Å². The first-order chi connectivity index (χ1) is 5.16. The van der Waals surface area contributed by atoms with E-state index in [1.165, 1.54) is 0 Å².